The first-order valence-corrected chi connectivity index (χ1v) is 7.57. The van der Waals surface area contributed by atoms with Gasteiger partial charge >= 0.3 is 0 Å². The lowest BCUT2D eigenvalue weighted by Crippen LogP contribution is -2.32. The topological polar surface area (TPSA) is 59.0 Å². The van der Waals surface area contributed by atoms with Crippen molar-refractivity contribution >= 4 is 31.8 Å². The van der Waals surface area contributed by atoms with E-state index in [4.69, 9.17) is 4.74 Å². The number of halogens is 1. The first-order chi connectivity index (χ1) is 8.46. The molecule has 0 N–H and O–H groups in total. The summed E-state index contributed by atoms with van der Waals surface area (Å²) in [6, 6.07) is 4.72. The second kappa shape index (κ2) is 4.89. The highest BCUT2D eigenvalue weighted by molar-refractivity contribution is 9.10. The van der Waals surface area contributed by atoms with Crippen LogP contribution in [0.4, 0.5) is 0 Å². The van der Waals surface area contributed by atoms with Gasteiger partial charge in [-0.2, -0.15) is 0 Å². The standard InChI is InChI=1S/C11H13BrN2O3S/c1-8-13-5-6-14(8)18(15,16)9-3-4-10(12)11(7-9)17-2/h3-4,7H,5-6H2,1-2H3. The van der Waals surface area contributed by atoms with Crippen molar-refractivity contribution in [3.8, 4) is 5.75 Å². The Hall–Kier alpha value is -1.08. The second-order valence-electron chi connectivity index (χ2n) is 3.80. The molecule has 0 unspecified atom stereocenters. The summed E-state index contributed by atoms with van der Waals surface area (Å²) >= 11 is 3.30. The number of sulfonamides is 1. The molecular weight excluding hydrogens is 320 g/mol. The molecule has 1 heterocycles. The number of amidine groups is 1. The lowest BCUT2D eigenvalue weighted by Gasteiger charge is -2.18. The zero-order valence-corrected chi connectivity index (χ0v) is 12.5. The third-order valence-electron chi connectivity index (χ3n) is 2.72. The molecule has 7 heteroatoms. The Morgan fingerprint density at radius 3 is 2.72 bits per heavy atom. The molecule has 0 fully saturated rings. The molecule has 0 saturated carbocycles. The monoisotopic (exact) mass is 332 g/mol. The number of rotatable bonds is 3. The quantitative estimate of drug-likeness (QED) is 0.849. The number of aliphatic imine (C=N–C) groups is 1. The zero-order chi connectivity index (χ0) is 13.3. The highest BCUT2D eigenvalue weighted by atomic mass is 79.9. The van der Waals surface area contributed by atoms with Gasteiger partial charge in [-0.1, -0.05) is 0 Å². The average molecular weight is 333 g/mol. The summed E-state index contributed by atoms with van der Waals surface area (Å²) in [6.45, 7) is 2.60. The fraction of sp³-hybridized carbons (Fsp3) is 0.364. The van der Waals surface area contributed by atoms with E-state index in [0.717, 1.165) is 4.47 Å². The van der Waals surface area contributed by atoms with E-state index in [9.17, 15) is 8.42 Å². The molecule has 1 aliphatic heterocycles. The summed E-state index contributed by atoms with van der Waals surface area (Å²) in [5, 5.41) is 0. The Labute approximate surface area is 115 Å². The van der Waals surface area contributed by atoms with E-state index in [1.165, 1.54) is 17.5 Å². The molecule has 98 valence electrons. The number of nitrogens with zero attached hydrogens (tertiary/aromatic N) is 2. The number of hydrogen-bond donors (Lipinski definition) is 0. The predicted octanol–water partition coefficient (Wildman–Crippen LogP) is 1.88. The van der Waals surface area contributed by atoms with Gasteiger partial charge in [0, 0.05) is 6.07 Å². The lowest BCUT2D eigenvalue weighted by molar-refractivity contribution is 0.410. The molecule has 0 aromatic heterocycles. The first kappa shape index (κ1) is 13.4. The van der Waals surface area contributed by atoms with Crippen molar-refractivity contribution in [1.29, 1.82) is 0 Å². The molecule has 0 bridgehead atoms. The minimum Gasteiger partial charge on any atom is -0.496 e. The fourth-order valence-corrected chi connectivity index (χ4v) is 3.65. The van der Waals surface area contributed by atoms with E-state index in [2.05, 4.69) is 20.9 Å². The Kier molecular flexibility index (Phi) is 3.63. The Balaban J connectivity index is 2.45. The van der Waals surface area contributed by atoms with E-state index in [0.29, 0.717) is 24.7 Å². The van der Waals surface area contributed by atoms with E-state index in [-0.39, 0.29) is 4.90 Å². The minimum atomic E-state index is -3.54. The van der Waals surface area contributed by atoms with Crippen molar-refractivity contribution < 1.29 is 13.2 Å². The Bertz CT molecular complexity index is 598. The molecule has 2 rings (SSSR count). The summed E-state index contributed by atoms with van der Waals surface area (Å²) in [6.07, 6.45) is 0. The summed E-state index contributed by atoms with van der Waals surface area (Å²) in [7, 11) is -2.04. The molecule has 0 atom stereocenters. The number of benzene rings is 1. The molecule has 1 aliphatic rings. The third-order valence-corrected chi connectivity index (χ3v) is 5.25. The number of hydrogen-bond acceptors (Lipinski definition) is 4. The lowest BCUT2D eigenvalue weighted by atomic mass is 10.3. The summed E-state index contributed by atoms with van der Waals surface area (Å²) in [5.41, 5.74) is 0. The molecule has 5 nitrogen and oxygen atoms in total. The van der Waals surface area contributed by atoms with Crippen LogP contribution < -0.4 is 4.74 Å². The van der Waals surface area contributed by atoms with E-state index >= 15 is 0 Å². The van der Waals surface area contributed by atoms with Crippen molar-refractivity contribution in [3.63, 3.8) is 0 Å². The van der Waals surface area contributed by atoms with Crippen LogP contribution in [0.1, 0.15) is 6.92 Å². The maximum absolute atomic E-state index is 12.4. The van der Waals surface area contributed by atoms with E-state index in [1.54, 1.807) is 19.1 Å². The van der Waals surface area contributed by atoms with Gasteiger partial charge in [-0.15, -0.1) is 0 Å². The molecular formula is C11H13BrN2O3S. The molecule has 1 aromatic carbocycles. The van der Waals surface area contributed by atoms with Crippen LogP contribution in [0, 0.1) is 0 Å². The van der Waals surface area contributed by atoms with Crippen molar-refractivity contribution in [1.82, 2.24) is 4.31 Å². The van der Waals surface area contributed by atoms with Crippen LogP contribution in [0.25, 0.3) is 0 Å². The summed E-state index contributed by atoms with van der Waals surface area (Å²) in [4.78, 5) is 4.30. The Morgan fingerprint density at radius 2 is 2.17 bits per heavy atom. The van der Waals surface area contributed by atoms with Crippen molar-refractivity contribution in [3.05, 3.63) is 22.7 Å². The van der Waals surface area contributed by atoms with Gasteiger partial charge in [-0.3, -0.25) is 9.30 Å². The van der Waals surface area contributed by atoms with E-state index in [1.807, 2.05) is 0 Å². The van der Waals surface area contributed by atoms with Gasteiger partial charge in [-0.05, 0) is 35.0 Å². The largest absolute Gasteiger partial charge is 0.496 e. The van der Waals surface area contributed by atoms with Gasteiger partial charge in [0.05, 0.1) is 29.6 Å². The molecule has 0 radical (unpaired) electrons. The van der Waals surface area contributed by atoms with Gasteiger partial charge in [0.15, 0.2) is 0 Å². The van der Waals surface area contributed by atoms with Gasteiger partial charge in [-0.25, -0.2) is 8.42 Å². The van der Waals surface area contributed by atoms with Crippen molar-refractivity contribution in [2.45, 2.75) is 11.8 Å². The van der Waals surface area contributed by atoms with Crippen LogP contribution >= 0.6 is 15.9 Å². The van der Waals surface area contributed by atoms with Gasteiger partial charge < -0.3 is 4.74 Å². The van der Waals surface area contributed by atoms with Crippen LogP contribution in [0.15, 0.2) is 32.6 Å². The SMILES string of the molecule is COc1cc(S(=O)(=O)N2CCN=C2C)ccc1Br. The third kappa shape index (κ3) is 2.24. The predicted molar refractivity (Wildman–Crippen MR) is 72.6 cm³/mol. The molecule has 18 heavy (non-hydrogen) atoms. The smallest absolute Gasteiger partial charge is 0.265 e. The second-order valence-corrected chi connectivity index (χ2v) is 6.52. The van der Waals surface area contributed by atoms with Crippen LogP contribution in [0.5, 0.6) is 5.75 Å². The van der Waals surface area contributed by atoms with Crippen LogP contribution in [-0.4, -0.2) is 38.8 Å². The average Bonchev–Trinajstić information content (AvgIpc) is 2.76. The number of methoxy groups -OCH3 is 1. The van der Waals surface area contributed by atoms with E-state index < -0.39 is 10.0 Å². The Morgan fingerprint density at radius 1 is 1.44 bits per heavy atom. The maximum atomic E-state index is 12.4. The number of ether oxygens (including phenoxy) is 1. The molecule has 0 spiro atoms. The van der Waals surface area contributed by atoms with Crippen LogP contribution in [0.2, 0.25) is 0 Å². The maximum Gasteiger partial charge on any atom is 0.265 e. The molecule has 0 aliphatic carbocycles. The van der Waals surface area contributed by atoms with Crippen LogP contribution in [-0.2, 0) is 10.0 Å². The highest BCUT2D eigenvalue weighted by Crippen LogP contribution is 2.29. The highest BCUT2D eigenvalue weighted by Gasteiger charge is 2.28. The molecule has 1 aromatic rings. The molecule has 0 saturated heterocycles. The normalized spacial score (nSPS) is 15.7. The summed E-state index contributed by atoms with van der Waals surface area (Å²) < 4.78 is 31.9. The molecule has 0 amide bonds. The fourth-order valence-electron chi connectivity index (χ4n) is 1.77. The summed E-state index contributed by atoms with van der Waals surface area (Å²) in [5.74, 6) is 1.02. The van der Waals surface area contributed by atoms with Gasteiger partial charge in [0.2, 0.25) is 0 Å². The zero-order valence-electron chi connectivity index (χ0n) is 10.1. The van der Waals surface area contributed by atoms with Crippen LogP contribution in [0.3, 0.4) is 0 Å². The van der Waals surface area contributed by atoms with Gasteiger partial charge in [0.1, 0.15) is 11.6 Å². The minimum absolute atomic E-state index is 0.207. The first-order valence-electron chi connectivity index (χ1n) is 5.34. The van der Waals surface area contributed by atoms with Crippen molar-refractivity contribution in [2.75, 3.05) is 20.2 Å². The van der Waals surface area contributed by atoms with Gasteiger partial charge in [0.25, 0.3) is 10.0 Å². The van der Waals surface area contributed by atoms with Crippen molar-refractivity contribution in [2.24, 2.45) is 4.99 Å².